The first-order chi connectivity index (χ1) is 17.2. The van der Waals surface area contributed by atoms with Gasteiger partial charge < -0.3 is 0 Å². The van der Waals surface area contributed by atoms with Gasteiger partial charge in [-0.05, 0) is 87.9 Å². The van der Waals surface area contributed by atoms with E-state index in [0.29, 0.717) is 11.5 Å². The molecular weight excluding hydrogens is 488 g/mol. The summed E-state index contributed by atoms with van der Waals surface area (Å²) in [6.45, 7) is 4.13. The molecule has 3 aliphatic rings. The molecule has 0 unspecified atom stereocenters. The molecule has 0 spiro atoms. The molecule has 0 aromatic carbocycles. The van der Waals surface area contributed by atoms with Crippen LogP contribution in [0.1, 0.15) is 142 Å². The van der Waals surface area contributed by atoms with E-state index in [1.807, 2.05) is 0 Å². The molecule has 6 heteroatoms. The van der Waals surface area contributed by atoms with E-state index in [-0.39, 0.29) is 10.5 Å². The van der Waals surface area contributed by atoms with Crippen LogP contribution in [-0.2, 0) is 19.7 Å². The van der Waals surface area contributed by atoms with Gasteiger partial charge in [-0.3, -0.25) is 0 Å². The van der Waals surface area contributed by atoms with Crippen LogP contribution in [0.25, 0.3) is 0 Å². The molecule has 0 aromatic rings. The smallest absolute Gasteiger partial charge is 0.153 e. The van der Waals surface area contributed by atoms with Crippen molar-refractivity contribution in [3.05, 3.63) is 0 Å². The fraction of sp³-hybridized carbons (Fsp3) is 1.00. The number of rotatable bonds is 14. The van der Waals surface area contributed by atoms with Crippen molar-refractivity contribution in [3.8, 4) is 0 Å². The van der Waals surface area contributed by atoms with Crippen molar-refractivity contribution in [1.82, 2.24) is 0 Å². The Morgan fingerprint density at radius 3 is 0.944 bits per heavy atom. The summed E-state index contributed by atoms with van der Waals surface area (Å²) < 4.78 is 50.0. The van der Waals surface area contributed by atoms with Crippen molar-refractivity contribution in [2.75, 3.05) is 11.5 Å². The van der Waals surface area contributed by atoms with E-state index < -0.39 is 19.7 Å². The Morgan fingerprint density at radius 1 is 0.444 bits per heavy atom. The van der Waals surface area contributed by atoms with Crippen LogP contribution in [0.5, 0.6) is 0 Å². The third-order valence-electron chi connectivity index (χ3n) is 10.1. The van der Waals surface area contributed by atoms with Gasteiger partial charge >= 0.3 is 0 Å². The molecular formula is C30H56O4S2. The number of unbranched alkanes of at least 4 members (excludes halogenated alkanes) is 2. The Morgan fingerprint density at radius 2 is 0.694 bits per heavy atom. The van der Waals surface area contributed by atoms with Crippen LogP contribution < -0.4 is 0 Å². The van der Waals surface area contributed by atoms with Gasteiger partial charge in [0, 0.05) is 0 Å². The standard InChI is InChI=1S/C30H56O4S2/c1-3-5-23-35(31,32)29-19-15-27(16-20-29)13-11-25-7-9-26(10-8-25)12-14-28-17-21-30(22-18-28)36(33,34)24-6-4-2/h25-30H,3-24H2,1-2H3. The summed E-state index contributed by atoms with van der Waals surface area (Å²) in [4.78, 5) is 0. The van der Waals surface area contributed by atoms with Crippen molar-refractivity contribution >= 4 is 19.7 Å². The minimum absolute atomic E-state index is 0.0590. The lowest BCUT2D eigenvalue weighted by Crippen LogP contribution is -2.29. The third kappa shape index (κ3) is 9.58. The monoisotopic (exact) mass is 544 g/mol. The fourth-order valence-electron chi connectivity index (χ4n) is 7.34. The SMILES string of the molecule is CCCCS(=O)(=O)C1CCC(CCC2CCC(CCC3CCC(S(=O)(=O)CCCC)CC3)CC2)CC1. The van der Waals surface area contributed by atoms with Gasteiger partial charge in [-0.1, -0.05) is 78.1 Å². The van der Waals surface area contributed by atoms with Crippen LogP contribution in [0.3, 0.4) is 0 Å². The summed E-state index contributed by atoms with van der Waals surface area (Å²) in [5.41, 5.74) is 0. The largest absolute Gasteiger partial charge is 0.229 e. The summed E-state index contributed by atoms with van der Waals surface area (Å²) in [6.07, 6.45) is 22.5. The summed E-state index contributed by atoms with van der Waals surface area (Å²) in [7, 11) is -5.73. The van der Waals surface area contributed by atoms with Crippen molar-refractivity contribution in [2.24, 2.45) is 23.7 Å². The molecule has 3 saturated carbocycles. The van der Waals surface area contributed by atoms with Crippen molar-refractivity contribution in [3.63, 3.8) is 0 Å². The lowest BCUT2D eigenvalue weighted by atomic mass is 9.75. The highest BCUT2D eigenvalue weighted by Gasteiger charge is 2.32. The van der Waals surface area contributed by atoms with Gasteiger partial charge in [0.25, 0.3) is 0 Å². The maximum Gasteiger partial charge on any atom is 0.153 e. The van der Waals surface area contributed by atoms with Crippen molar-refractivity contribution < 1.29 is 16.8 Å². The molecule has 36 heavy (non-hydrogen) atoms. The lowest BCUT2D eigenvalue weighted by molar-refractivity contribution is 0.214. The Kier molecular flexibility index (Phi) is 12.6. The Labute approximate surface area is 224 Å². The number of sulfone groups is 2. The van der Waals surface area contributed by atoms with Crippen LogP contribution in [-0.4, -0.2) is 38.8 Å². The van der Waals surface area contributed by atoms with Gasteiger partial charge in [0.05, 0.1) is 22.0 Å². The van der Waals surface area contributed by atoms with Crippen molar-refractivity contribution in [1.29, 1.82) is 0 Å². The van der Waals surface area contributed by atoms with E-state index in [2.05, 4.69) is 13.8 Å². The minimum Gasteiger partial charge on any atom is -0.229 e. The summed E-state index contributed by atoms with van der Waals surface area (Å²) >= 11 is 0. The molecule has 0 amide bonds. The van der Waals surface area contributed by atoms with Gasteiger partial charge in [-0.2, -0.15) is 0 Å². The number of hydrogen-bond donors (Lipinski definition) is 0. The van der Waals surface area contributed by atoms with Crippen LogP contribution in [0.4, 0.5) is 0 Å². The van der Waals surface area contributed by atoms with Crippen LogP contribution in [0.2, 0.25) is 0 Å². The topological polar surface area (TPSA) is 68.3 Å². The van der Waals surface area contributed by atoms with Gasteiger partial charge in [0.2, 0.25) is 0 Å². The molecule has 0 aliphatic heterocycles. The predicted molar refractivity (Wildman–Crippen MR) is 153 cm³/mol. The van der Waals surface area contributed by atoms with Gasteiger partial charge in [0.15, 0.2) is 19.7 Å². The first kappa shape index (κ1) is 30.4. The molecule has 0 N–H and O–H groups in total. The molecule has 0 heterocycles. The lowest BCUT2D eigenvalue weighted by Gasteiger charge is -2.33. The average Bonchev–Trinajstić information content (AvgIpc) is 2.89. The molecule has 0 atom stereocenters. The van der Waals surface area contributed by atoms with Crippen molar-refractivity contribution in [2.45, 2.75) is 153 Å². The highest BCUT2D eigenvalue weighted by atomic mass is 32.2. The first-order valence-electron chi connectivity index (χ1n) is 15.7. The van der Waals surface area contributed by atoms with E-state index in [4.69, 9.17) is 0 Å². The molecule has 0 saturated heterocycles. The maximum atomic E-state index is 12.5. The van der Waals surface area contributed by atoms with E-state index in [0.717, 1.165) is 101 Å². The van der Waals surface area contributed by atoms with Crippen LogP contribution >= 0.6 is 0 Å². The van der Waals surface area contributed by atoms with Crippen LogP contribution in [0.15, 0.2) is 0 Å². The van der Waals surface area contributed by atoms with E-state index >= 15 is 0 Å². The molecule has 0 radical (unpaired) electrons. The quantitative estimate of drug-likeness (QED) is 0.223. The normalized spacial score (nSPS) is 32.4. The highest BCUT2D eigenvalue weighted by Crippen LogP contribution is 2.39. The fourth-order valence-corrected chi connectivity index (χ4v) is 11.4. The average molecular weight is 545 g/mol. The van der Waals surface area contributed by atoms with E-state index in [9.17, 15) is 16.8 Å². The third-order valence-corrected chi connectivity index (χ3v) is 14.8. The second-order valence-electron chi connectivity index (χ2n) is 12.8. The minimum atomic E-state index is -2.86. The Hall–Kier alpha value is -0.100. The highest BCUT2D eigenvalue weighted by molar-refractivity contribution is 7.92. The van der Waals surface area contributed by atoms with Gasteiger partial charge in [-0.25, -0.2) is 16.8 Å². The van der Waals surface area contributed by atoms with E-state index in [1.54, 1.807) is 0 Å². The molecule has 0 aromatic heterocycles. The van der Waals surface area contributed by atoms with E-state index in [1.165, 1.54) is 51.4 Å². The molecule has 0 bridgehead atoms. The molecule has 3 aliphatic carbocycles. The molecule has 212 valence electrons. The Bertz CT molecular complexity index is 741. The second kappa shape index (κ2) is 14.9. The summed E-state index contributed by atoms with van der Waals surface area (Å²) in [5.74, 6) is 4.06. The zero-order valence-corrected chi connectivity index (χ0v) is 25.1. The molecule has 3 fully saturated rings. The Balaban J connectivity index is 1.25. The first-order valence-corrected chi connectivity index (χ1v) is 19.1. The summed E-state index contributed by atoms with van der Waals surface area (Å²) in [5, 5.41) is -0.118. The maximum absolute atomic E-state index is 12.5. The predicted octanol–water partition coefficient (Wildman–Crippen LogP) is 7.90. The molecule has 4 nitrogen and oxygen atoms in total. The number of hydrogen-bond acceptors (Lipinski definition) is 4. The van der Waals surface area contributed by atoms with Crippen LogP contribution in [0, 0.1) is 23.7 Å². The van der Waals surface area contributed by atoms with Gasteiger partial charge in [-0.15, -0.1) is 0 Å². The molecule has 3 rings (SSSR count). The zero-order chi connectivity index (χ0) is 26.0. The zero-order valence-electron chi connectivity index (χ0n) is 23.5. The summed E-state index contributed by atoms with van der Waals surface area (Å²) in [6, 6.07) is 0. The van der Waals surface area contributed by atoms with Gasteiger partial charge in [0.1, 0.15) is 0 Å². The second-order valence-corrected chi connectivity index (χ2v) is 17.6.